The van der Waals surface area contributed by atoms with Gasteiger partial charge in [0.05, 0.1) is 11.4 Å². The molecule has 0 aliphatic carbocycles. The molecule has 0 atom stereocenters. The number of carbonyl (C=O) groups is 1. The maximum Gasteiger partial charge on any atom is 0.190 e. The number of pyridine rings is 1. The summed E-state index contributed by atoms with van der Waals surface area (Å²) in [5, 5.41) is 4.36. The second-order valence-electron chi connectivity index (χ2n) is 3.43. The minimum atomic E-state index is -0.154. The van der Waals surface area contributed by atoms with Gasteiger partial charge in [0.15, 0.2) is 5.78 Å². The minimum absolute atomic E-state index is 0.154. The number of hydrogen-bond acceptors (Lipinski definition) is 4. The number of ketones is 1. The quantitative estimate of drug-likeness (QED) is 0.776. The van der Waals surface area contributed by atoms with Crippen LogP contribution in [0.1, 0.15) is 23.2 Å². The Morgan fingerprint density at radius 3 is 3.00 bits per heavy atom. The van der Waals surface area contributed by atoms with Crippen LogP contribution in [0.4, 0.5) is 0 Å². The molecule has 6 heteroatoms. The standard InChI is InChI=1S/C11H11ClN4O/c1-2-16-10(14-7-15-16)6-9(17)11-8(12)4-3-5-13-11/h3-5,7H,2,6H2,1H3. The highest BCUT2D eigenvalue weighted by Gasteiger charge is 2.15. The highest BCUT2D eigenvalue weighted by molar-refractivity contribution is 6.33. The summed E-state index contributed by atoms with van der Waals surface area (Å²) in [4.78, 5) is 20.0. The topological polar surface area (TPSA) is 60.7 Å². The van der Waals surface area contributed by atoms with Gasteiger partial charge < -0.3 is 0 Å². The predicted octanol–water partition coefficient (Wildman–Crippen LogP) is 1.77. The molecular weight excluding hydrogens is 240 g/mol. The van der Waals surface area contributed by atoms with Crippen LogP contribution >= 0.6 is 11.6 Å². The zero-order chi connectivity index (χ0) is 12.3. The molecule has 0 saturated carbocycles. The number of aryl methyl sites for hydroxylation is 1. The van der Waals surface area contributed by atoms with Crippen molar-refractivity contribution in [1.29, 1.82) is 0 Å². The first-order chi connectivity index (χ1) is 8.22. The van der Waals surface area contributed by atoms with E-state index < -0.39 is 0 Å². The first-order valence-corrected chi connectivity index (χ1v) is 5.60. The van der Waals surface area contributed by atoms with Crippen LogP contribution in [0.3, 0.4) is 0 Å². The maximum atomic E-state index is 12.0. The van der Waals surface area contributed by atoms with Gasteiger partial charge >= 0.3 is 0 Å². The summed E-state index contributed by atoms with van der Waals surface area (Å²) < 4.78 is 1.68. The Balaban J connectivity index is 2.20. The van der Waals surface area contributed by atoms with Crippen molar-refractivity contribution in [2.24, 2.45) is 0 Å². The van der Waals surface area contributed by atoms with E-state index in [-0.39, 0.29) is 17.9 Å². The zero-order valence-electron chi connectivity index (χ0n) is 9.30. The maximum absolute atomic E-state index is 12.0. The molecule has 0 aliphatic rings. The Hall–Kier alpha value is -1.75. The van der Waals surface area contributed by atoms with Crippen molar-refractivity contribution >= 4 is 17.4 Å². The van der Waals surface area contributed by atoms with Gasteiger partial charge in [-0.2, -0.15) is 5.10 Å². The number of halogens is 1. The average Bonchev–Trinajstić information content (AvgIpc) is 2.76. The molecule has 0 unspecified atom stereocenters. The van der Waals surface area contributed by atoms with E-state index in [4.69, 9.17) is 11.6 Å². The van der Waals surface area contributed by atoms with Crippen LogP contribution < -0.4 is 0 Å². The number of aromatic nitrogens is 4. The molecule has 0 aromatic carbocycles. The molecule has 0 spiro atoms. The predicted molar refractivity (Wildman–Crippen MR) is 63.0 cm³/mol. The molecule has 0 amide bonds. The van der Waals surface area contributed by atoms with Crippen LogP contribution in [-0.4, -0.2) is 25.5 Å². The van der Waals surface area contributed by atoms with Crippen LogP contribution in [0.5, 0.6) is 0 Å². The fraction of sp³-hybridized carbons (Fsp3) is 0.273. The second kappa shape index (κ2) is 5.05. The monoisotopic (exact) mass is 250 g/mol. The van der Waals surface area contributed by atoms with Crippen molar-refractivity contribution < 1.29 is 4.79 Å². The van der Waals surface area contributed by atoms with Crippen molar-refractivity contribution in [2.75, 3.05) is 0 Å². The lowest BCUT2D eigenvalue weighted by Crippen LogP contribution is -2.12. The van der Waals surface area contributed by atoms with Crippen molar-refractivity contribution in [3.63, 3.8) is 0 Å². The molecule has 88 valence electrons. The molecule has 5 nitrogen and oxygen atoms in total. The first-order valence-electron chi connectivity index (χ1n) is 5.22. The molecule has 2 aromatic heterocycles. The van der Waals surface area contributed by atoms with Gasteiger partial charge in [-0.1, -0.05) is 11.6 Å². The number of Topliss-reactive ketones (excluding diaryl/α,β-unsaturated/α-hetero) is 1. The van der Waals surface area contributed by atoms with Gasteiger partial charge in [-0.05, 0) is 19.1 Å². The Kier molecular flexibility index (Phi) is 3.49. The number of carbonyl (C=O) groups excluding carboxylic acids is 1. The average molecular weight is 251 g/mol. The van der Waals surface area contributed by atoms with Gasteiger partial charge in [-0.3, -0.25) is 9.78 Å². The lowest BCUT2D eigenvalue weighted by Gasteiger charge is -2.03. The molecule has 17 heavy (non-hydrogen) atoms. The van der Waals surface area contributed by atoms with Crippen LogP contribution in [-0.2, 0) is 13.0 Å². The molecule has 2 rings (SSSR count). The van der Waals surface area contributed by atoms with Crippen LogP contribution in [0.15, 0.2) is 24.7 Å². The summed E-state index contributed by atoms with van der Waals surface area (Å²) in [7, 11) is 0. The third kappa shape index (κ3) is 2.50. The second-order valence-corrected chi connectivity index (χ2v) is 3.83. The normalized spacial score (nSPS) is 10.5. The number of hydrogen-bond donors (Lipinski definition) is 0. The van der Waals surface area contributed by atoms with E-state index in [1.807, 2.05) is 6.92 Å². The Bertz CT molecular complexity index is 538. The molecular formula is C11H11ClN4O. The molecule has 0 aliphatic heterocycles. The molecule has 0 saturated heterocycles. The van der Waals surface area contributed by atoms with Crippen LogP contribution in [0.25, 0.3) is 0 Å². The zero-order valence-corrected chi connectivity index (χ0v) is 10.1. The fourth-order valence-corrected chi connectivity index (χ4v) is 1.73. The van der Waals surface area contributed by atoms with E-state index in [0.717, 1.165) is 0 Å². The van der Waals surface area contributed by atoms with E-state index in [2.05, 4.69) is 15.1 Å². The number of rotatable bonds is 4. The van der Waals surface area contributed by atoms with Crippen LogP contribution in [0.2, 0.25) is 5.02 Å². The molecule has 0 bridgehead atoms. The first kappa shape index (κ1) is 11.7. The minimum Gasteiger partial charge on any atom is -0.292 e. The summed E-state index contributed by atoms with van der Waals surface area (Å²) in [6.07, 6.45) is 3.14. The Labute approximate surface area is 103 Å². The summed E-state index contributed by atoms with van der Waals surface area (Å²) in [5.41, 5.74) is 0.278. The summed E-state index contributed by atoms with van der Waals surface area (Å²) >= 11 is 5.91. The third-order valence-corrected chi connectivity index (χ3v) is 2.64. The van der Waals surface area contributed by atoms with E-state index >= 15 is 0 Å². The van der Waals surface area contributed by atoms with Crippen molar-refractivity contribution in [3.05, 3.63) is 41.2 Å². The van der Waals surface area contributed by atoms with E-state index in [1.54, 1.807) is 23.0 Å². The smallest absolute Gasteiger partial charge is 0.190 e. The molecule has 2 aromatic rings. The summed E-state index contributed by atoms with van der Waals surface area (Å²) in [6.45, 7) is 2.62. The van der Waals surface area contributed by atoms with Crippen molar-refractivity contribution in [2.45, 2.75) is 19.9 Å². The van der Waals surface area contributed by atoms with Crippen LogP contribution in [0, 0.1) is 0 Å². The highest BCUT2D eigenvalue weighted by atomic mass is 35.5. The summed E-state index contributed by atoms with van der Waals surface area (Å²) in [6, 6.07) is 3.33. The summed E-state index contributed by atoms with van der Waals surface area (Å²) in [5.74, 6) is 0.470. The molecule has 0 fully saturated rings. The lowest BCUT2D eigenvalue weighted by molar-refractivity contribution is 0.0985. The lowest BCUT2D eigenvalue weighted by atomic mass is 10.2. The van der Waals surface area contributed by atoms with Gasteiger partial charge in [0.2, 0.25) is 0 Å². The van der Waals surface area contributed by atoms with Gasteiger partial charge in [0.25, 0.3) is 0 Å². The van der Waals surface area contributed by atoms with Crippen molar-refractivity contribution in [3.8, 4) is 0 Å². The molecule has 2 heterocycles. The Morgan fingerprint density at radius 1 is 1.47 bits per heavy atom. The van der Waals surface area contributed by atoms with Crippen molar-refractivity contribution in [1.82, 2.24) is 19.7 Å². The Morgan fingerprint density at radius 2 is 2.29 bits per heavy atom. The fourth-order valence-electron chi connectivity index (χ4n) is 1.51. The molecule has 0 N–H and O–H groups in total. The van der Waals surface area contributed by atoms with E-state index in [9.17, 15) is 4.79 Å². The number of nitrogens with zero attached hydrogens (tertiary/aromatic N) is 4. The molecule has 0 radical (unpaired) electrons. The van der Waals surface area contributed by atoms with E-state index in [0.29, 0.717) is 17.4 Å². The van der Waals surface area contributed by atoms with Gasteiger partial charge in [0, 0.05) is 12.7 Å². The highest BCUT2D eigenvalue weighted by Crippen LogP contribution is 2.14. The SMILES string of the molecule is CCn1ncnc1CC(=O)c1ncccc1Cl. The van der Waals surface area contributed by atoms with Gasteiger partial charge in [-0.15, -0.1) is 0 Å². The van der Waals surface area contributed by atoms with Gasteiger partial charge in [-0.25, -0.2) is 9.67 Å². The largest absolute Gasteiger partial charge is 0.292 e. The third-order valence-electron chi connectivity index (χ3n) is 2.34. The van der Waals surface area contributed by atoms with E-state index in [1.165, 1.54) is 6.33 Å². The van der Waals surface area contributed by atoms with Gasteiger partial charge in [0.1, 0.15) is 17.8 Å².